The lowest BCUT2D eigenvalue weighted by atomic mass is 10.1. The Kier molecular flexibility index (Phi) is 5.12. The fraction of sp³-hybridized carbons (Fsp3) is 0.150. The minimum atomic E-state index is -0.524. The van der Waals surface area contributed by atoms with Crippen molar-refractivity contribution >= 4 is 17.3 Å². The molecule has 0 bridgehead atoms. The quantitative estimate of drug-likeness (QED) is 0.371. The van der Waals surface area contributed by atoms with Crippen LogP contribution in [0.1, 0.15) is 27.4 Å². The molecule has 4 aromatic rings. The van der Waals surface area contributed by atoms with Crippen molar-refractivity contribution in [2.75, 3.05) is 5.32 Å². The van der Waals surface area contributed by atoms with Gasteiger partial charge in [0.1, 0.15) is 18.2 Å². The number of carbonyl (C=O) groups is 1. The van der Waals surface area contributed by atoms with E-state index in [0.717, 1.165) is 11.8 Å². The molecule has 0 fully saturated rings. The third-order valence-corrected chi connectivity index (χ3v) is 4.35. The number of aryl methyl sites for hydroxylation is 1. The summed E-state index contributed by atoms with van der Waals surface area (Å²) >= 11 is 0. The number of anilines is 1. The number of nitrogens with one attached hydrogen (secondary N) is 1. The van der Waals surface area contributed by atoms with Crippen molar-refractivity contribution in [2.45, 2.75) is 20.0 Å². The predicted octanol–water partition coefficient (Wildman–Crippen LogP) is 3.24. The van der Waals surface area contributed by atoms with Gasteiger partial charge in [-0.2, -0.15) is 10.2 Å². The number of furan rings is 1. The van der Waals surface area contributed by atoms with E-state index in [1.165, 1.54) is 16.4 Å². The Balaban J connectivity index is 1.37. The second kappa shape index (κ2) is 8.03. The average molecular weight is 406 g/mol. The normalized spacial score (nSPS) is 10.8. The molecule has 3 aromatic heterocycles. The molecule has 1 aromatic carbocycles. The predicted molar refractivity (Wildman–Crippen MR) is 107 cm³/mol. The highest BCUT2D eigenvalue weighted by molar-refractivity contribution is 6.02. The van der Waals surface area contributed by atoms with Crippen molar-refractivity contribution in [2.24, 2.45) is 0 Å². The molecular formula is C20H18N6O4. The van der Waals surface area contributed by atoms with E-state index >= 15 is 0 Å². The molecule has 10 nitrogen and oxygen atoms in total. The van der Waals surface area contributed by atoms with Gasteiger partial charge in [-0.15, -0.1) is 0 Å². The molecule has 4 rings (SSSR count). The molecule has 0 aliphatic heterocycles. The SMILES string of the molecule is Cc1cccc(Cn2cc(NC(=O)c3ccc(Cn4cc([N+](=O)[O-])cn4)o3)cn2)c1. The first kappa shape index (κ1) is 19.1. The summed E-state index contributed by atoms with van der Waals surface area (Å²) in [5.41, 5.74) is 2.73. The Morgan fingerprint density at radius 2 is 1.93 bits per heavy atom. The van der Waals surface area contributed by atoms with Gasteiger partial charge in [0.2, 0.25) is 0 Å². The van der Waals surface area contributed by atoms with E-state index < -0.39 is 10.8 Å². The first-order valence-corrected chi connectivity index (χ1v) is 9.11. The Morgan fingerprint density at radius 3 is 2.70 bits per heavy atom. The maximum absolute atomic E-state index is 12.4. The van der Waals surface area contributed by atoms with Gasteiger partial charge < -0.3 is 9.73 Å². The summed E-state index contributed by atoms with van der Waals surface area (Å²) in [7, 11) is 0. The second-order valence-electron chi connectivity index (χ2n) is 6.79. The summed E-state index contributed by atoms with van der Waals surface area (Å²) < 4.78 is 8.64. The number of benzene rings is 1. The van der Waals surface area contributed by atoms with Crippen LogP contribution in [0, 0.1) is 17.0 Å². The second-order valence-corrected chi connectivity index (χ2v) is 6.79. The standard InChI is InChI=1S/C20H18N6O4/c1-14-3-2-4-15(7-14)10-24-11-16(8-21-24)23-20(27)19-6-5-18(30-19)13-25-12-17(9-22-25)26(28)29/h2-9,11-12H,10,13H2,1H3,(H,23,27). The first-order valence-electron chi connectivity index (χ1n) is 9.11. The zero-order valence-electron chi connectivity index (χ0n) is 16.1. The Labute approximate surface area is 170 Å². The Bertz CT molecular complexity index is 1210. The van der Waals surface area contributed by atoms with Crippen LogP contribution in [0.15, 0.2) is 65.6 Å². The largest absolute Gasteiger partial charge is 0.454 e. The molecule has 1 amide bonds. The van der Waals surface area contributed by atoms with Crippen LogP contribution in [0.2, 0.25) is 0 Å². The highest BCUT2D eigenvalue weighted by Crippen LogP contribution is 2.15. The van der Waals surface area contributed by atoms with Gasteiger partial charge in [-0.05, 0) is 24.6 Å². The van der Waals surface area contributed by atoms with Crippen LogP contribution in [-0.2, 0) is 13.1 Å². The molecule has 10 heteroatoms. The summed E-state index contributed by atoms with van der Waals surface area (Å²) in [6, 6.07) is 11.3. The van der Waals surface area contributed by atoms with E-state index in [1.54, 1.807) is 29.2 Å². The molecular weight excluding hydrogens is 388 g/mol. The van der Waals surface area contributed by atoms with Crippen molar-refractivity contribution in [3.8, 4) is 0 Å². The maximum atomic E-state index is 12.4. The Hall–Kier alpha value is -4.21. The van der Waals surface area contributed by atoms with Crippen molar-refractivity contribution in [1.29, 1.82) is 0 Å². The van der Waals surface area contributed by atoms with Gasteiger partial charge in [0.15, 0.2) is 5.76 Å². The van der Waals surface area contributed by atoms with E-state index in [9.17, 15) is 14.9 Å². The number of nitrogens with zero attached hydrogens (tertiary/aromatic N) is 5. The van der Waals surface area contributed by atoms with Crippen LogP contribution >= 0.6 is 0 Å². The van der Waals surface area contributed by atoms with Crippen LogP contribution in [0.25, 0.3) is 0 Å². The first-order chi connectivity index (χ1) is 14.5. The summed E-state index contributed by atoms with van der Waals surface area (Å²) in [6.45, 7) is 2.80. The lowest BCUT2D eigenvalue weighted by Gasteiger charge is -2.03. The summed E-state index contributed by atoms with van der Waals surface area (Å²) in [4.78, 5) is 22.6. The summed E-state index contributed by atoms with van der Waals surface area (Å²) in [5.74, 6) is 0.161. The molecule has 1 N–H and O–H groups in total. The van der Waals surface area contributed by atoms with Gasteiger partial charge in [-0.1, -0.05) is 29.8 Å². The zero-order valence-corrected chi connectivity index (χ0v) is 16.1. The molecule has 0 saturated heterocycles. The molecule has 30 heavy (non-hydrogen) atoms. The van der Waals surface area contributed by atoms with Crippen LogP contribution < -0.4 is 5.32 Å². The van der Waals surface area contributed by atoms with E-state index in [2.05, 4.69) is 21.6 Å². The zero-order chi connectivity index (χ0) is 21.1. The number of nitro groups is 1. The number of hydrogen-bond acceptors (Lipinski definition) is 6. The minimum Gasteiger partial charge on any atom is -0.454 e. The van der Waals surface area contributed by atoms with Gasteiger partial charge >= 0.3 is 5.69 Å². The topological polar surface area (TPSA) is 121 Å². The summed E-state index contributed by atoms with van der Waals surface area (Å²) in [6.07, 6.45) is 5.77. The third kappa shape index (κ3) is 4.43. The molecule has 0 aliphatic rings. The van der Waals surface area contributed by atoms with Crippen molar-refractivity contribution < 1.29 is 14.1 Å². The fourth-order valence-corrected chi connectivity index (χ4v) is 2.98. The lowest BCUT2D eigenvalue weighted by molar-refractivity contribution is -0.385. The van der Waals surface area contributed by atoms with Gasteiger partial charge in [0.05, 0.1) is 29.9 Å². The molecule has 0 spiro atoms. The molecule has 0 atom stereocenters. The van der Waals surface area contributed by atoms with Crippen LogP contribution in [0.5, 0.6) is 0 Å². The fourth-order valence-electron chi connectivity index (χ4n) is 2.98. The molecule has 0 aliphatic carbocycles. The minimum absolute atomic E-state index is 0.109. The number of aromatic nitrogens is 4. The van der Waals surface area contributed by atoms with Crippen LogP contribution in [-0.4, -0.2) is 30.4 Å². The molecule has 3 heterocycles. The summed E-state index contributed by atoms with van der Waals surface area (Å²) in [5, 5.41) is 21.6. The van der Waals surface area contributed by atoms with E-state index in [0.29, 0.717) is 18.0 Å². The molecule has 0 saturated carbocycles. The van der Waals surface area contributed by atoms with Crippen molar-refractivity contribution in [3.05, 3.63) is 93.9 Å². The number of carbonyl (C=O) groups excluding carboxylic acids is 1. The Morgan fingerprint density at radius 1 is 1.13 bits per heavy atom. The smallest absolute Gasteiger partial charge is 0.307 e. The van der Waals surface area contributed by atoms with E-state index in [4.69, 9.17) is 4.42 Å². The molecule has 152 valence electrons. The van der Waals surface area contributed by atoms with Crippen LogP contribution in [0.3, 0.4) is 0 Å². The molecule has 0 radical (unpaired) electrons. The van der Waals surface area contributed by atoms with Gasteiger partial charge in [0, 0.05) is 6.20 Å². The van der Waals surface area contributed by atoms with E-state index in [1.807, 2.05) is 25.1 Å². The van der Waals surface area contributed by atoms with Crippen LogP contribution in [0.4, 0.5) is 11.4 Å². The number of amides is 1. The molecule has 0 unspecified atom stereocenters. The number of hydrogen-bond donors (Lipinski definition) is 1. The van der Waals surface area contributed by atoms with Gasteiger partial charge in [-0.25, -0.2) is 0 Å². The highest BCUT2D eigenvalue weighted by atomic mass is 16.6. The van der Waals surface area contributed by atoms with Crippen molar-refractivity contribution in [3.63, 3.8) is 0 Å². The van der Waals surface area contributed by atoms with Gasteiger partial charge in [0.25, 0.3) is 5.91 Å². The maximum Gasteiger partial charge on any atom is 0.307 e. The van der Waals surface area contributed by atoms with Crippen molar-refractivity contribution in [1.82, 2.24) is 19.6 Å². The monoisotopic (exact) mass is 406 g/mol. The van der Waals surface area contributed by atoms with Gasteiger partial charge in [-0.3, -0.25) is 24.3 Å². The average Bonchev–Trinajstić information content (AvgIpc) is 3.44. The third-order valence-electron chi connectivity index (χ3n) is 4.35. The highest BCUT2D eigenvalue weighted by Gasteiger charge is 2.14. The van der Waals surface area contributed by atoms with E-state index in [-0.39, 0.29) is 18.0 Å². The lowest BCUT2D eigenvalue weighted by Crippen LogP contribution is -2.10. The number of rotatable bonds is 7.